The van der Waals surface area contributed by atoms with Gasteiger partial charge in [-0.25, -0.2) is 4.79 Å². The second-order valence-electron chi connectivity index (χ2n) is 9.46. The monoisotopic (exact) mass is 419 g/mol. The molecule has 5 rings (SSSR count). The topological polar surface area (TPSA) is 66.8 Å². The largest absolute Gasteiger partial charge is 0.478 e. The van der Waals surface area contributed by atoms with Crippen LogP contribution in [0.5, 0.6) is 0 Å². The first-order valence-electron chi connectivity index (χ1n) is 11.3. The van der Waals surface area contributed by atoms with Crippen molar-refractivity contribution in [2.75, 3.05) is 19.7 Å². The highest BCUT2D eigenvalue weighted by Gasteiger charge is 2.55. The third kappa shape index (κ3) is 3.87. The number of carboxylic acids is 1. The van der Waals surface area contributed by atoms with Crippen LogP contribution in [0, 0.1) is 12.3 Å². The van der Waals surface area contributed by atoms with Gasteiger partial charge < -0.3 is 14.7 Å². The summed E-state index contributed by atoms with van der Waals surface area (Å²) in [5.41, 5.74) is 4.95. The molecule has 3 fully saturated rings. The van der Waals surface area contributed by atoms with Crippen molar-refractivity contribution in [2.45, 2.75) is 51.0 Å². The lowest BCUT2D eigenvalue weighted by Gasteiger charge is -2.34. The summed E-state index contributed by atoms with van der Waals surface area (Å²) in [7, 11) is 0. The number of ether oxygens (including phenoxy) is 1. The predicted octanol–water partition coefficient (Wildman–Crippen LogP) is 4.64. The van der Waals surface area contributed by atoms with Crippen molar-refractivity contribution in [2.24, 2.45) is 5.41 Å². The highest BCUT2D eigenvalue weighted by atomic mass is 16.5. The van der Waals surface area contributed by atoms with E-state index in [9.17, 15) is 14.7 Å². The number of benzene rings is 2. The maximum Gasteiger partial charge on any atom is 0.335 e. The molecule has 5 nitrogen and oxygen atoms in total. The molecule has 1 aliphatic carbocycles. The van der Waals surface area contributed by atoms with Crippen LogP contribution < -0.4 is 0 Å². The maximum absolute atomic E-state index is 12.6. The van der Waals surface area contributed by atoms with Gasteiger partial charge in [0, 0.05) is 19.7 Å². The van der Waals surface area contributed by atoms with Gasteiger partial charge in [0.1, 0.15) is 6.10 Å². The molecular weight excluding hydrogens is 390 g/mol. The van der Waals surface area contributed by atoms with E-state index < -0.39 is 5.97 Å². The van der Waals surface area contributed by atoms with E-state index in [2.05, 4.69) is 24.3 Å². The molecule has 0 radical (unpaired) electrons. The molecule has 1 spiro atoms. The third-order valence-electron chi connectivity index (χ3n) is 7.44. The molecule has 1 saturated carbocycles. The fourth-order valence-corrected chi connectivity index (χ4v) is 5.50. The summed E-state index contributed by atoms with van der Waals surface area (Å²) in [4.78, 5) is 26.0. The molecule has 0 aromatic heterocycles. The minimum atomic E-state index is -0.897. The molecule has 2 atom stereocenters. The highest BCUT2D eigenvalue weighted by molar-refractivity contribution is 5.89. The van der Waals surface area contributed by atoms with Gasteiger partial charge in [-0.15, -0.1) is 0 Å². The van der Waals surface area contributed by atoms with Gasteiger partial charge in [0.25, 0.3) is 5.91 Å². The molecule has 2 saturated heterocycles. The van der Waals surface area contributed by atoms with Gasteiger partial charge in [-0.3, -0.25) is 4.79 Å². The standard InChI is InChI=1S/C26H29NO4/c1-17-13-20(15-21(14-17)25(29)30)18-4-6-19(7-5-18)22-16-26(22)8-10-27(11-9-26)24(28)23-3-2-12-31-23/h4-7,13-15,22-23H,2-3,8-12,16H2,1H3,(H,29,30)/t22-,23-/m1/s1. The molecule has 5 heteroatoms. The first kappa shape index (κ1) is 20.3. The van der Waals surface area contributed by atoms with Crippen LogP contribution in [-0.4, -0.2) is 47.7 Å². The molecular formula is C26H29NO4. The average Bonchev–Trinajstić information content (AvgIpc) is 3.20. The van der Waals surface area contributed by atoms with Crippen molar-refractivity contribution in [3.63, 3.8) is 0 Å². The summed E-state index contributed by atoms with van der Waals surface area (Å²) < 4.78 is 5.58. The molecule has 162 valence electrons. The number of amides is 1. The first-order valence-corrected chi connectivity index (χ1v) is 11.3. The van der Waals surface area contributed by atoms with Crippen molar-refractivity contribution >= 4 is 11.9 Å². The van der Waals surface area contributed by atoms with Gasteiger partial charge >= 0.3 is 5.97 Å². The summed E-state index contributed by atoms with van der Waals surface area (Å²) in [5, 5.41) is 9.33. The number of rotatable bonds is 4. The Kier molecular flexibility index (Phi) is 5.09. The van der Waals surface area contributed by atoms with Crippen molar-refractivity contribution in [1.29, 1.82) is 0 Å². The Morgan fingerprint density at radius 1 is 1.06 bits per heavy atom. The van der Waals surface area contributed by atoms with Gasteiger partial charge in [0.15, 0.2) is 0 Å². The molecule has 31 heavy (non-hydrogen) atoms. The number of aryl methyl sites for hydroxylation is 1. The second kappa shape index (κ2) is 7.79. The Bertz CT molecular complexity index is 999. The summed E-state index contributed by atoms with van der Waals surface area (Å²) in [5.74, 6) is -0.146. The zero-order valence-corrected chi connectivity index (χ0v) is 18.0. The van der Waals surface area contributed by atoms with Crippen LogP contribution in [0.1, 0.15) is 59.5 Å². The SMILES string of the molecule is Cc1cc(C(=O)O)cc(-c2ccc([C@H]3CC34CCN(C(=O)[C@H]3CCCO3)CC4)cc2)c1. The molecule has 2 aromatic rings. The van der Waals surface area contributed by atoms with E-state index >= 15 is 0 Å². The molecule has 0 bridgehead atoms. The van der Waals surface area contributed by atoms with Gasteiger partial charge in [0.05, 0.1) is 5.56 Å². The molecule has 2 aliphatic heterocycles. The van der Waals surface area contributed by atoms with Gasteiger partial charge in [-0.1, -0.05) is 30.3 Å². The first-order chi connectivity index (χ1) is 14.9. The molecule has 3 aliphatic rings. The lowest BCUT2D eigenvalue weighted by molar-refractivity contribution is -0.142. The Labute approximate surface area is 183 Å². The lowest BCUT2D eigenvalue weighted by atomic mass is 9.88. The fraction of sp³-hybridized carbons (Fsp3) is 0.462. The number of aromatic carboxylic acids is 1. The predicted molar refractivity (Wildman–Crippen MR) is 118 cm³/mol. The summed E-state index contributed by atoms with van der Waals surface area (Å²) in [6.45, 7) is 4.32. The fourth-order valence-electron chi connectivity index (χ4n) is 5.50. The lowest BCUT2D eigenvalue weighted by Crippen LogP contribution is -2.44. The highest BCUT2D eigenvalue weighted by Crippen LogP contribution is 2.65. The van der Waals surface area contributed by atoms with E-state index in [0.717, 1.165) is 55.5 Å². The smallest absolute Gasteiger partial charge is 0.335 e. The summed E-state index contributed by atoms with van der Waals surface area (Å²) in [6.07, 6.45) is 4.98. The van der Waals surface area contributed by atoms with Crippen LogP contribution in [-0.2, 0) is 9.53 Å². The number of carbonyl (C=O) groups is 2. The number of carboxylic acid groups (broad SMARTS) is 1. The number of nitrogens with zero attached hydrogens (tertiary/aromatic N) is 1. The minimum absolute atomic E-state index is 0.188. The Balaban J connectivity index is 1.24. The van der Waals surface area contributed by atoms with E-state index in [1.54, 1.807) is 12.1 Å². The van der Waals surface area contributed by atoms with Gasteiger partial charge in [0.2, 0.25) is 0 Å². The van der Waals surface area contributed by atoms with Crippen molar-refractivity contribution < 1.29 is 19.4 Å². The Hall–Kier alpha value is -2.66. The quantitative estimate of drug-likeness (QED) is 0.784. The Morgan fingerprint density at radius 2 is 1.81 bits per heavy atom. The summed E-state index contributed by atoms with van der Waals surface area (Å²) >= 11 is 0. The zero-order valence-electron chi connectivity index (χ0n) is 18.0. The van der Waals surface area contributed by atoms with Crippen molar-refractivity contribution in [3.8, 4) is 11.1 Å². The maximum atomic E-state index is 12.6. The number of piperidine rings is 1. The number of hydrogen-bond acceptors (Lipinski definition) is 3. The molecule has 2 aromatic carbocycles. The molecule has 0 unspecified atom stereocenters. The van der Waals surface area contributed by atoms with E-state index in [4.69, 9.17) is 4.74 Å². The van der Waals surface area contributed by atoms with E-state index in [-0.39, 0.29) is 12.0 Å². The third-order valence-corrected chi connectivity index (χ3v) is 7.44. The van der Waals surface area contributed by atoms with E-state index in [1.165, 1.54) is 12.0 Å². The van der Waals surface area contributed by atoms with Crippen LogP contribution in [0.25, 0.3) is 11.1 Å². The minimum Gasteiger partial charge on any atom is -0.478 e. The molecule has 1 amide bonds. The van der Waals surface area contributed by atoms with Crippen LogP contribution in [0.15, 0.2) is 42.5 Å². The van der Waals surface area contributed by atoms with Crippen LogP contribution in [0.2, 0.25) is 0 Å². The normalized spacial score (nSPS) is 24.4. The second-order valence-corrected chi connectivity index (χ2v) is 9.46. The van der Waals surface area contributed by atoms with Gasteiger partial charge in [-0.05, 0) is 84.7 Å². The number of hydrogen-bond donors (Lipinski definition) is 1. The molecule has 2 heterocycles. The van der Waals surface area contributed by atoms with E-state index in [1.807, 2.05) is 17.9 Å². The van der Waals surface area contributed by atoms with Crippen LogP contribution in [0.3, 0.4) is 0 Å². The van der Waals surface area contributed by atoms with E-state index in [0.29, 0.717) is 23.5 Å². The van der Waals surface area contributed by atoms with Crippen LogP contribution in [0.4, 0.5) is 0 Å². The Morgan fingerprint density at radius 3 is 2.45 bits per heavy atom. The number of carbonyl (C=O) groups excluding carboxylic acids is 1. The molecule has 1 N–H and O–H groups in total. The van der Waals surface area contributed by atoms with Crippen molar-refractivity contribution in [3.05, 3.63) is 59.2 Å². The number of likely N-dealkylation sites (tertiary alicyclic amines) is 1. The summed E-state index contributed by atoms with van der Waals surface area (Å²) in [6, 6.07) is 14.1. The average molecular weight is 420 g/mol. The van der Waals surface area contributed by atoms with Crippen LogP contribution >= 0.6 is 0 Å². The van der Waals surface area contributed by atoms with Crippen molar-refractivity contribution in [1.82, 2.24) is 4.90 Å². The van der Waals surface area contributed by atoms with Gasteiger partial charge in [-0.2, -0.15) is 0 Å². The zero-order chi connectivity index (χ0) is 21.6.